The molecule has 7 heteroatoms. The Bertz CT molecular complexity index is 894. The predicted octanol–water partition coefficient (Wildman–Crippen LogP) is 4.85. The van der Waals surface area contributed by atoms with Gasteiger partial charge in [0.05, 0.1) is 5.25 Å². The first kappa shape index (κ1) is 21.6. The molecule has 1 saturated heterocycles. The number of rotatable bonds is 9. The van der Waals surface area contributed by atoms with Gasteiger partial charge in [-0.1, -0.05) is 49.7 Å². The molecule has 1 aliphatic heterocycles. The Hall–Kier alpha value is -2.12. The highest BCUT2D eigenvalue weighted by atomic mass is 32.2. The van der Waals surface area contributed by atoms with E-state index in [2.05, 4.69) is 30.4 Å². The van der Waals surface area contributed by atoms with Gasteiger partial charge in [0, 0.05) is 36.2 Å². The van der Waals surface area contributed by atoms with Crippen molar-refractivity contribution in [1.82, 2.24) is 10.2 Å². The molecule has 1 N–H and O–H groups in total. The summed E-state index contributed by atoms with van der Waals surface area (Å²) in [5.74, 6) is -0.0206. The topological polar surface area (TPSA) is 66.5 Å². The van der Waals surface area contributed by atoms with Gasteiger partial charge in [0.25, 0.3) is 5.24 Å². The van der Waals surface area contributed by atoms with Gasteiger partial charge >= 0.3 is 0 Å². The van der Waals surface area contributed by atoms with Gasteiger partial charge in [-0.3, -0.25) is 19.7 Å². The Kier molecular flexibility index (Phi) is 7.50. The number of nitrogens with zero attached hydrogens (tertiary/aromatic N) is 1. The first-order valence-corrected chi connectivity index (χ1v) is 11.6. The van der Waals surface area contributed by atoms with Gasteiger partial charge < -0.3 is 4.90 Å². The zero-order chi connectivity index (χ0) is 20.8. The maximum atomic E-state index is 12.3. The fourth-order valence-electron chi connectivity index (χ4n) is 3.26. The summed E-state index contributed by atoms with van der Waals surface area (Å²) in [6.07, 6.45) is 4.31. The lowest BCUT2D eigenvalue weighted by atomic mass is 10.1. The Morgan fingerprint density at radius 2 is 2.00 bits per heavy atom. The summed E-state index contributed by atoms with van der Waals surface area (Å²) in [6, 6.07) is 12.3. The molecule has 154 valence electrons. The second-order valence-electron chi connectivity index (χ2n) is 7.26. The Labute approximate surface area is 179 Å². The lowest BCUT2D eigenvalue weighted by Crippen LogP contribution is -2.25. The highest BCUT2D eigenvalue weighted by Crippen LogP contribution is 2.32. The van der Waals surface area contributed by atoms with E-state index in [1.165, 1.54) is 0 Å². The van der Waals surface area contributed by atoms with Crippen molar-refractivity contribution in [3.63, 3.8) is 0 Å². The number of benzene rings is 1. The Morgan fingerprint density at radius 1 is 1.17 bits per heavy atom. The average molecular weight is 431 g/mol. The number of unbranched alkanes of at least 4 members (excludes halogenated alkanes) is 2. The van der Waals surface area contributed by atoms with Crippen LogP contribution in [0, 0.1) is 0 Å². The van der Waals surface area contributed by atoms with Crippen molar-refractivity contribution in [1.29, 1.82) is 0 Å². The smallest absolute Gasteiger partial charge is 0.286 e. The van der Waals surface area contributed by atoms with Crippen LogP contribution >= 0.6 is 23.1 Å². The quantitative estimate of drug-likeness (QED) is 0.578. The molecule has 1 aromatic heterocycles. The maximum Gasteiger partial charge on any atom is 0.286 e. The van der Waals surface area contributed by atoms with Crippen LogP contribution in [0.4, 0.5) is 4.79 Å². The molecule has 0 bridgehead atoms. The number of hydrogen-bond acceptors (Lipinski definition) is 5. The summed E-state index contributed by atoms with van der Waals surface area (Å²) in [5.41, 5.74) is 2.20. The summed E-state index contributed by atoms with van der Waals surface area (Å²) in [7, 11) is 1.86. The number of hydrogen-bond donors (Lipinski definition) is 1. The van der Waals surface area contributed by atoms with Crippen molar-refractivity contribution < 1.29 is 14.4 Å². The number of imide groups is 1. The highest BCUT2D eigenvalue weighted by Gasteiger charge is 2.31. The summed E-state index contributed by atoms with van der Waals surface area (Å²) in [4.78, 5) is 39.4. The van der Waals surface area contributed by atoms with Crippen LogP contribution in [0.15, 0.2) is 36.4 Å². The standard InChI is InChI=1S/C22H26N2O3S2/c1-3-4-5-9-20(25)24(2)14-15-7-6-8-16(12-15)18-11-10-17(28-18)13-19-21(26)23-22(27)29-19/h6-8,10-12,19H,3-5,9,13-14H2,1-2H3,(H,23,26,27). The molecule has 3 rings (SSSR count). The van der Waals surface area contributed by atoms with Crippen molar-refractivity contribution in [2.75, 3.05) is 7.05 Å². The van der Waals surface area contributed by atoms with Crippen molar-refractivity contribution >= 4 is 40.2 Å². The average Bonchev–Trinajstić information content (AvgIpc) is 3.28. The van der Waals surface area contributed by atoms with E-state index in [1.807, 2.05) is 25.2 Å². The Morgan fingerprint density at radius 3 is 2.72 bits per heavy atom. The fourth-order valence-corrected chi connectivity index (χ4v) is 5.26. The molecule has 3 amide bonds. The molecule has 29 heavy (non-hydrogen) atoms. The lowest BCUT2D eigenvalue weighted by molar-refractivity contribution is -0.130. The molecule has 1 unspecified atom stereocenters. The fraction of sp³-hybridized carbons (Fsp3) is 0.409. The molecule has 1 aliphatic rings. The molecule has 2 aromatic rings. The molecule has 1 aromatic carbocycles. The van der Waals surface area contributed by atoms with Crippen LogP contribution in [0.5, 0.6) is 0 Å². The van der Waals surface area contributed by atoms with Crippen LogP contribution in [-0.2, 0) is 22.6 Å². The third-order valence-corrected chi connectivity index (χ3v) is 7.00. The summed E-state index contributed by atoms with van der Waals surface area (Å²) in [6.45, 7) is 2.73. The number of carbonyl (C=O) groups excluding carboxylic acids is 3. The third-order valence-electron chi connectivity index (χ3n) is 4.87. The van der Waals surface area contributed by atoms with E-state index in [4.69, 9.17) is 0 Å². The van der Waals surface area contributed by atoms with Gasteiger partial charge in [0.1, 0.15) is 0 Å². The molecule has 2 heterocycles. The number of thiophene rings is 1. The largest absolute Gasteiger partial charge is 0.341 e. The van der Waals surface area contributed by atoms with Gasteiger partial charge in [-0.2, -0.15) is 0 Å². The van der Waals surface area contributed by atoms with Gasteiger partial charge in [-0.05, 0) is 35.7 Å². The molecular formula is C22H26N2O3S2. The van der Waals surface area contributed by atoms with Crippen LogP contribution < -0.4 is 5.32 Å². The van der Waals surface area contributed by atoms with E-state index in [0.717, 1.165) is 51.9 Å². The normalized spacial score (nSPS) is 16.1. The van der Waals surface area contributed by atoms with E-state index in [9.17, 15) is 14.4 Å². The molecule has 0 aliphatic carbocycles. The first-order valence-electron chi connectivity index (χ1n) is 9.89. The monoisotopic (exact) mass is 430 g/mol. The zero-order valence-electron chi connectivity index (χ0n) is 16.8. The van der Waals surface area contributed by atoms with E-state index in [1.54, 1.807) is 16.2 Å². The van der Waals surface area contributed by atoms with Gasteiger partial charge in [-0.15, -0.1) is 11.3 Å². The first-order chi connectivity index (χ1) is 14.0. The second kappa shape index (κ2) is 10.1. The van der Waals surface area contributed by atoms with Crippen molar-refractivity contribution in [3.05, 3.63) is 46.8 Å². The second-order valence-corrected chi connectivity index (χ2v) is 9.60. The number of thioether (sulfide) groups is 1. The minimum atomic E-state index is -0.340. The third kappa shape index (κ3) is 5.93. The van der Waals surface area contributed by atoms with Crippen LogP contribution in [0.1, 0.15) is 43.0 Å². The van der Waals surface area contributed by atoms with E-state index in [-0.39, 0.29) is 22.3 Å². The minimum absolute atomic E-state index is 0.184. The van der Waals surface area contributed by atoms with Crippen LogP contribution in [0.3, 0.4) is 0 Å². The van der Waals surface area contributed by atoms with Gasteiger partial charge in [-0.25, -0.2) is 0 Å². The van der Waals surface area contributed by atoms with Gasteiger partial charge in [0.2, 0.25) is 11.8 Å². The summed E-state index contributed by atoms with van der Waals surface area (Å²) < 4.78 is 0. The lowest BCUT2D eigenvalue weighted by Gasteiger charge is -2.17. The van der Waals surface area contributed by atoms with Crippen LogP contribution in [-0.4, -0.2) is 34.3 Å². The summed E-state index contributed by atoms with van der Waals surface area (Å²) in [5, 5.41) is 1.73. The molecule has 1 fully saturated rings. The Balaban J connectivity index is 1.62. The zero-order valence-corrected chi connectivity index (χ0v) is 18.4. The highest BCUT2D eigenvalue weighted by molar-refractivity contribution is 8.15. The molecule has 0 radical (unpaired) electrons. The summed E-state index contributed by atoms with van der Waals surface area (Å²) >= 11 is 2.70. The number of carbonyl (C=O) groups is 3. The minimum Gasteiger partial charge on any atom is -0.341 e. The van der Waals surface area contributed by atoms with Crippen LogP contribution in [0.2, 0.25) is 0 Å². The van der Waals surface area contributed by atoms with E-state index in [0.29, 0.717) is 19.4 Å². The van der Waals surface area contributed by atoms with Crippen molar-refractivity contribution in [2.45, 2.75) is 50.8 Å². The molecular weight excluding hydrogens is 404 g/mol. The molecule has 0 spiro atoms. The van der Waals surface area contributed by atoms with Crippen molar-refractivity contribution in [2.24, 2.45) is 0 Å². The van der Waals surface area contributed by atoms with E-state index < -0.39 is 0 Å². The molecule has 1 atom stereocenters. The van der Waals surface area contributed by atoms with E-state index >= 15 is 0 Å². The molecule has 0 saturated carbocycles. The number of amides is 3. The van der Waals surface area contributed by atoms with Crippen LogP contribution in [0.25, 0.3) is 10.4 Å². The SMILES string of the molecule is CCCCCC(=O)N(C)Cc1cccc(-c2ccc(CC3SC(=O)NC3=O)s2)c1. The van der Waals surface area contributed by atoms with Crippen molar-refractivity contribution in [3.8, 4) is 10.4 Å². The van der Waals surface area contributed by atoms with Gasteiger partial charge in [0.15, 0.2) is 0 Å². The predicted molar refractivity (Wildman–Crippen MR) is 119 cm³/mol. The molecule has 5 nitrogen and oxygen atoms in total. The maximum absolute atomic E-state index is 12.3. The number of nitrogens with one attached hydrogen (secondary N) is 1.